The molecule has 0 aliphatic carbocycles. The monoisotopic (exact) mass is 536 g/mol. The number of likely N-dealkylation sites (N-methyl/N-ethyl adjacent to an activating group) is 1. The van der Waals surface area contributed by atoms with Crippen LogP contribution in [-0.4, -0.2) is 67.5 Å². The Balaban J connectivity index is 1.41. The van der Waals surface area contributed by atoms with Crippen molar-refractivity contribution in [2.75, 3.05) is 43.4 Å². The van der Waals surface area contributed by atoms with Crippen molar-refractivity contribution in [3.63, 3.8) is 0 Å². The molecule has 0 radical (unpaired) electrons. The fourth-order valence-electron chi connectivity index (χ4n) is 4.89. The van der Waals surface area contributed by atoms with Crippen LogP contribution in [0, 0.1) is 0 Å². The maximum absolute atomic E-state index is 13.6. The summed E-state index contributed by atoms with van der Waals surface area (Å²) >= 11 is 0. The van der Waals surface area contributed by atoms with Crippen LogP contribution in [0.4, 0.5) is 17.3 Å². The molecule has 0 unspecified atom stereocenters. The van der Waals surface area contributed by atoms with Gasteiger partial charge in [0.2, 0.25) is 5.95 Å². The lowest BCUT2D eigenvalue weighted by atomic mass is 10.1. The summed E-state index contributed by atoms with van der Waals surface area (Å²) in [5, 5.41) is 14.2. The minimum absolute atomic E-state index is 0.264. The topological polar surface area (TPSA) is 104 Å². The number of benzene rings is 2. The fraction of sp³-hybridized carbons (Fsp3) is 0.267. The van der Waals surface area contributed by atoms with Gasteiger partial charge in [0.15, 0.2) is 11.5 Å². The van der Waals surface area contributed by atoms with E-state index in [2.05, 4.69) is 39.3 Å². The fourth-order valence-corrected chi connectivity index (χ4v) is 4.89. The lowest BCUT2D eigenvalue weighted by molar-refractivity contribution is 0.0738. The zero-order valence-corrected chi connectivity index (χ0v) is 22.8. The molecule has 204 valence electrons. The molecule has 0 atom stereocenters. The Bertz CT molecular complexity index is 1700. The average molecular weight is 537 g/mol. The molecule has 1 aliphatic rings. The molecule has 0 bridgehead atoms. The Morgan fingerprint density at radius 2 is 1.55 bits per heavy atom. The number of hydrogen-bond acceptors (Lipinski definition) is 8. The predicted octanol–water partition coefficient (Wildman–Crippen LogP) is 3.69. The second-order valence-electron chi connectivity index (χ2n) is 10.6. The summed E-state index contributed by atoms with van der Waals surface area (Å²) in [5.41, 5.74) is 2.15. The van der Waals surface area contributed by atoms with Gasteiger partial charge in [0.05, 0.1) is 11.4 Å². The average Bonchev–Trinajstić information content (AvgIpc) is 3.25. The summed E-state index contributed by atoms with van der Waals surface area (Å²) in [4.78, 5) is 32.3. The molecule has 40 heavy (non-hydrogen) atoms. The summed E-state index contributed by atoms with van der Waals surface area (Å²) in [7, 11) is 2.15. The van der Waals surface area contributed by atoms with Gasteiger partial charge in [-0.05, 0) is 69.4 Å². The van der Waals surface area contributed by atoms with E-state index in [9.17, 15) is 9.90 Å². The van der Waals surface area contributed by atoms with Gasteiger partial charge < -0.3 is 20.2 Å². The number of anilines is 3. The van der Waals surface area contributed by atoms with E-state index in [0.717, 1.165) is 31.9 Å². The summed E-state index contributed by atoms with van der Waals surface area (Å²) < 4.78 is 3.20. The largest absolute Gasteiger partial charge is 0.384 e. The highest BCUT2D eigenvalue weighted by Gasteiger charge is 2.23. The zero-order chi connectivity index (χ0) is 27.9. The Morgan fingerprint density at radius 1 is 0.825 bits per heavy atom. The Labute approximate surface area is 232 Å². The Morgan fingerprint density at radius 3 is 2.25 bits per heavy atom. The number of nitrogens with zero attached hydrogens (tertiary/aromatic N) is 7. The number of para-hydroxylation sites is 1. The predicted molar refractivity (Wildman–Crippen MR) is 157 cm³/mol. The van der Waals surface area contributed by atoms with Gasteiger partial charge in [0.25, 0.3) is 5.56 Å². The van der Waals surface area contributed by atoms with E-state index < -0.39 is 5.60 Å². The first-order chi connectivity index (χ1) is 19.3. The zero-order valence-electron chi connectivity index (χ0n) is 22.8. The van der Waals surface area contributed by atoms with Crippen LogP contribution < -0.4 is 15.8 Å². The number of aromatic nitrogens is 5. The van der Waals surface area contributed by atoms with E-state index in [4.69, 9.17) is 9.97 Å². The maximum atomic E-state index is 13.6. The Hall–Kier alpha value is -4.54. The van der Waals surface area contributed by atoms with Crippen molar-refractivity contribution in [2.45, 2.75) is 19.4 Å². The number of pyridine rings is 1. The van der Waals surface area contributed by atoms with E-state index in [1.54, 1.807) is 36.9 Å². The maximum Gasteiger partial charge on any atom is 0.282 e. The number of hydrogen-bond donors (Lipinski definition) is 2. The van der Waals surface area contributed by atoms with Gasteiger partial charge in [0, 0.05) is 43.8 Å². The van der Waals surface area contributed by atoms with Crippen LogP contribution in [0.2, 0.25) is 0 Å². The molecule has 0 saturated carbocycles. The number of piperazine rings is 1. The van der Waals surface area contributed by atoms with Crippen LogP contribution in [0.5, 0.6) is 0 Å². The second-order valence-corrected chi connectivity index (χ2v) is 10.6. The summed E-state index contributed by atoms with van der Waals surface area (Å²) in [6, 6.07) is 22.9. The van der Waals surface area contributed by atoms with Gasteiger partial charge in [-0.1, -0.05) is 24.3 Å². The van der Waals surface area contributed by atoms with Crippen molar-refractivity contribution in [3.05, 3.63) is 95.0 Å². The molecule has 0 spiro atoms. The molecule has 2 aromatic carbocycles. The van der Waals surface area contributed by atoms with Crippen LogP contribution in [0.15, 0.2) is 83.8 Å². The number of fused-ring (bicyclic) bond motifs is 1. The van der Waals surface area contributed by atoms with Crippen molar-refractivity contribution < 1.29 is 5.11 Å². The van der Waals surface area contributed by atoms with Crippen LogP contribution in [0.25, 0.3) is 22.5 Å². The molecule has 5 aromatic rings. The van der Waals surface area contributed by atoms with Crippen molar-refractivity contribution >= 4 is 28.4 Å². The van der Waals surface area contributed by atoms with Crippen LogP contribution in [0.3, 0.4) is 0 Å². The highest BCUT2D eigenvalue weighted by Crippen LogP contribution is 2.24. The van der Waals surface area contributed by atoms with Crippen LogP contribution >= 0.6 is 0 Å². The lowest BCUT2D eigenvalue weighted by Gasteiger charge is -2.34. The van der Waals surface area contributed by atoms with Crippen LogP contribution in [-0.2, 0) is 5.60 Å². The van der Waals surface area contributed by atoms with Gasteiger partial charge in [0.1, 0.15) is 11.0 Å². The third kappa shape index (κ3) is 4.94. The minimum atomic E-state index is -1.16. The highest BCUT2D eigenvalue weighted by molar-refractivity contribution is 5.78. The van der Waals surface area contributed by atoms with Crippen molar-refractivity contribution in [1.29, 1.82) is 0 Å². The van der Waals surface area contributed by atoms with E-state index in [-0.39, 0.29) is 5.56 Å². The summed E-state index contributed by atoms with van der Waals surface area (Å²) in [6.07, 6.45) is 1.54. The molecule has 1 aliphatic heterocycles. The minimum Gasteiger partial charge on any atom is -0.384 e. The number of rotatable bonds is 6. The van der Waals surface area contributed by atoms with Gasteiger partial charge in [-0.2, -0.15) is 4.98 Å². The highest BCUT2D eigenvalue weighted by atomic mass is 16.3. The molecule has 1 fully saturated rings. The van der Waals surface area contributed by atoms with E-state index in [1.165, 1.54) is 10.4 Å². The van der Waals surface area contributed by atoms with E-state index in [1.807, 2.05) is 48.5 Å². The summed E-state index contributed by atoms with van der Waals surface area (Å²) in [5.74, 6) is 0.814. The quantitative estimate of drug-likeness (QED) is 0.339. The first-order valence-electron chi connectivity index (χ1n) is 13.3. The molecule has 10 nitrogen and oxygen atoms in total. The van der Waals surface area contributed by atoms with Gasteiger partial charge in [-0.3, -0.25) is 4.79 Å². The normalized spacial score (nSPS) is 14.6. The molecular formula is C30H32N8O2. The van der Waals surface area contributed by atoms with E-state index in [0.29, 0.717) is 34.2 Å². The van der Waals surface area contributed by atoms with E-state index >= 15 is 0 Å². The molecule has 3 aromatic heterocycles. The smallest absolute Gasteiger partial charge is 0.282 e. The van der Waals surface area contributed by atoms with Gasteiger partial charge in [-0.15, -0.1) is 0 Å². The Kier molecular flexibility index (Phi) is 6.57. The first kappa shape index (κ1) is 25.7. The second kappa shape index (κ2) is 10.2. The molecule has 4 heterocycles. The third-order valence-electron chi connectivity index (χ3n) is 7.16. The number of nitrogens with one attached hydrogen (secondary N) is 1. The molecule has 2 N–H and O–H groups in total. The number of aliphatic hydroxyl groups is 1. The van der Waals surface area contributed by atoms with Crippen LogP contribution in [0.1, 0.15) is 19.5 Å². The first-order valence-corrected chi connectivity index (χ1v) is 13.3. The summed E-state index contributed by atoms with van der Waals surface area (Å²) in [6.45, 7) is 7.45. The third-order valence-corrected chi connectivity index (χ3v) is 7.16. The van der Waals surface area contributed by atoms with Crippen molar-refractivity contribution in [2.24, 2.45) is 0 Å². The molecule has 1 saturated heterocycles. The lowest BCUT2D eigenvalue weighted by Crippen LogP contribution is -2.44. The molecule has 0 amide bonds. The SMILES string of the molecule is CN1CCN(c2ccc(Nc3ncc4c(=O)n(-c5ccccc5)n(-c5cccc(C(C)(C)O)n5)c4n3)cc2)CC1. The molecule has 10 heteroatoms. The standard InChI is InChI=1S/C30H32N8O2/c1-30(2,40)25-10-7-11-26(33-25)38-27-24(28(39)37(38)23-8-5-4-6-9-23)20-31-29(34-27)32-21-12-14-22(15-13-21)36-18-16-35(3)17-19-36/h4-15,20,40H,16-19H2,1-3H3,(H,31,32,34). The van der Waals surface area contributed by atoms with Crippen molar-refractivity contribution in [1.82, 2.24) is 29.2 Å². The molecular weight excluding hydrogens is 504 g/mol. The molecule has 6 rings (SSSR count). The van der Waals surface area contributed by atoms with Crippen molar-refractivity contribution in [3.8, 4) is 11.5 Å². The van der Waals surface area contributed by atoms with Gasteiger partial charge in [-0.25, -0.2) is 19.3 Å². The van der Waals surface area contributed by atoms with Gasteiger partial charge >= 0.3 is 0 Å².